The van der Waals surface area contributed by atoms with E-state index in [0.29, 0.717) is 37.5 Å². The molecule has 2 saturated heterocycles. The van der Waals surface area contributed by atoms with E-state index in [2.05, 4.69) is 19.9 Å². The van der Waals surface area contributed by atoms with Crippen LogP contribution in [0.3, 0.4) is 0 Å². The highest BCUT2D eigenvalue weighted by Gasteiger charge is 2.47. The van der Waals surface area contributed by atoms with Crippen LogP contribution < -0.4 is 5.73 Å². The summed E-state index contributed by atoms with van der Waals surface area (Å²) in [4.78, 5) is 14.4. The van der Waals surface area contributed by atoms with E-state index in [1.165, 1.54) is 12.7 Å². The van der Waals surface area contributed by atoms with E-state index in [9.17, 15) is 10.2 Å². The fraction of sp³-hybridized carbons (Fsp3) is 0.643. The molecule has 0 bridgehead atoms. The summed E-state index contributed by atoms with van der Waals surface area (Å²) in [5, 5.41) is 20.6. The minimum atomic E-state index is -0.839. The van der Waals surface area contributed by atoms with Gasteiger partial charge in [0.05, 0.1) is 32.2 Å². The fourth-order valence-corrected chi connectivity index (χ4v) is 3.49. The quantitative estimate of drug-likeness (QED) is 0.603. The van der Waals surface area contributed by atoms with Crippen molar-refractivity contribution >= 4 is 17.0 Å². The highest BCUT2D eigenvalue weighted by atomic mass is 16.5. The molecule has 10 heteroatoms. The van der Waals surface area contributed by atoms with Gasteiger partial charge in [-0.25, -0.2) is 15.0 Å². The molecule has 4 heterocycles. The third-order valence-electron chi connectivity index (χ3n) is 4.65. The lowest BCUT2D eigenvalue weighted by atomic mass is 10.0. The number of rotatable bonds is 3. The summed E-state index contributed by atoms with van der Waals surface area (Å²) in [6.45, 7) is 2.40. The molecule has 2 aromatic heterocycles. The zero-order chi connectivity index (χ0) is 16.7. The number of aliphatic hydroxyl groups is 2. The second-order valence-electron chi connectivity index (χ2n) is 5.96. The molecule has 4 rings (SSSR count). The molecule has 2 aromatic rings. The minimum absolute atomic E-state index is 0.181. The third kappa shape index (κ3) is 2.43. The molecule has 4 N–H and O–H groups in total. The van der Waals surface area contributed by atoms with E-state index in [0.717, 1.165) is 0 Å². The molecular weight excluding hydrogens is 316 g/mol. The Morgan fingerprint density at radius 2 is 2.04 bits per heavy atom. The predicted octanol–water partition coefficient (Wildman–Crippen LogP) is -1.64. The molecule has 130 valence electrons. The number of nitrogens with zero attached hydrogens (tertiary/aromatic N) is 5. The number of hydrogen-bond donors (Lipinski definition) is 3. The van der Waals surface area contributed by atoms with Gasteiger partial charge in [0.2, 0.25) is 0 Å². The van der Waals surface area contributed by atoms with Crippen molar-refractivity contribution in [1.29, 1.82) is 0 Å². The number of morpholine rings is 1. The van der Waals surface area contributed by atoms with Crippen LogP contribution in [0.2, 0.25) is 0 Å². The normalized spacial score (nSPS) is 31.8. The molecule has 0 saturated carbocycles. The third-order valence-corrected chi connectivity index (χ3v) is 4.65. The molecule has 24 heavy (non-hydrogen) atoms. The monoisotopic (exact) mass is 336 g/mol. The average molecular weight is 336 g/mol. The van der Waals surface area contributed by atoms with Gasteiger partial charge < -0.3 is 25.4 Å². The maximum atomic E-state index is 10.9. The van der Waals surface area contributed by atoms with E-state index in [1.807, 2.05) is 0 Å². The second-order valence-corrected chi connectivity index (χ2v) is 5.96. The molecule has 0 aromatic carbocycles. The Bertz CT molecular complexity index is 718. The van der Waals surface area contributed by atoms with Crippen LogP contribution in [0.1, 0.15) is 6.23 Å². The summed E-state index contributed by atoms with van der Waals surface area (Å²) < 4.78 is 12.9. The van der Waals surface area contributed by atoms with Gasteiger partial charge in [0.15, 0.2) is 17.7 Å². The van der Waals surface area contributed by atoms with Crippen LogP contribution in [0.25, 0.3) is 11.2 Å². The number of aliphatic hydroxyl groups excluding tert-OH is 2. The Kier molecular flexibility index (Phi) is 4.06. The van der Waals surface area contributed by atoms with Crippen LogP contribution in [0, 0.1) is 0 Å². The smallest absolute Gasteiger partial charge is 0.167 e. The van der Waals surface area contributed by atoms with E-state index in [1.54, 1.807) is 4.57 Å². The first-order valence-electron chi connectivity index (χ1n) is 7.90. The Hall–Kier alpha value is -1.85. The Morgan fingerprint density at radius 1 is 1.25 bits per heavy atom. The molecular formula is C14H20N6O4. The first-order valence-corrected chi connectivity index (χ1v) is 7.90. The number of anilines is 1. The SMILES string of the molecule is Nc1ncnc2c1ncn2[C@@H]1O[C@H](CO)C(N2CCOCC2)[C@H]1O. The molecule has 10 nitrogen and oxygen atoms in total. The Labute approximate surface area is 137 Å². The maximum absolute atomic E-state index is 10.9. The van der Waals surface area contributed by atoms with Crippen LogP contribution in [0.15, 0.2) is 12.7 Å². The van der Waals surface area contributed by atoms with Crippen molar-refractivity contribution in [2.24, 2.45) is 0 Å². The highest BCUT2D eigenvalue weighted by Crippen LogP contribution is 2.34. The highest BCUT2D eigenvalue weighted by molar-refractivity contribution is 5.81. The van der Waals surface area contributed by atoms with Gasteiger partial charge in [-0.1, -0.05) is 0 Å². The predicted molar refractivity (Wildman–Crippen MR) is 82.9 cm³/mol. The van der Waals surface area contributed by atoms with Crippen LogP contribution in [-0.4, -0.2) is 85.8 Å². The van der Waals surface area contributed by atoms with Gasteiger partial charge in [-0.2, -0.15) is 0 Å². The standard InChI is InChI=1S/C14H20N6O4/c15-12-9-13(17-6-16-12)20(7-18-9)14-11(22)10(8(5-21)24-14)19-1-3-23-4-2-19/h6-8,10-11,14,21-22H,1-5H2,(H2,15,16,17)/t8-,10?,11-,14-/m1/s1. The van der Waals surface area contributed by atoms with E-state index in [-0.39, 0.29) is 18.5 Å². The summed E-state index contributed by atoms with van der Waals surface area (Å²) in [5.74, 6) is 0.273. The molecule has 2 fully saturated rings. The van der Waals surface area contributed by atoms with Gasteiger partial charge in [0.25, 0.3) is 0 Å². The number of fused-ring (bicyclic) bond motifs is 1. The van der Waals surface area contributed by atoms with Crippen molar-refractivity contribution in [3.63, 3.8) is 0 Å². The van der Waals surface area contributed by atoms with Gasteiger partial charge in [-0.3, -0.25) is 9.47 Å². The van der Waals surface area contributed by atoms with Crippen molar-refractivity contribution in [3.8, 4) is 0 Å². The number of ether oxygens (including phenoxy) is 2. The number of nitrogen functional groups attached to an aromatic ring is 1. The van der Waals surface area contributed by atoms with Gasteiger partial charge in [-0.15, -0.1) is 0 Å². The van der Waals surface area contributed by atoms with Gasteiger partial charge in [0.1, 0.15) is 24.1 Å². The summed E-state index contributed by atoms with van der Waals surface area (Å²) in [6.07, 6.45) is 0.836. The molecule has 0 aliphatic carbocycles. The lowest BCUT2D eigenvalue weighted by molar-refractivity contribution is -0.0523. The van der Waals surface area contributed by atoms with Crippen LogP contribution >= 0.6 is 0 Å². The summed E-state index contributed by atoms with van der Waals surface area (Å²) in [6, 6.07) is -0.319. The van der Waals surface area contributed by atoms with Crippen LogP contribution in [0.5, 0.6) is 0 Å². The van der Waals surface area contributed by atoms with E-state index < -0.39 is 18.4 Å². The lowest BCUT2D eigenvalue weighted by Crippen LogP contribution is -2.52. The van der Waals surface area contributed by atoms with Crippen molar-refractivity contribution in [2.75, 3.05) is 38.6 Å². The molecule has 0 radical (unpaired) electrons. The molecule has 1 unspecified atom stereocenters. The number of nitrogens with two attached hydrogens (primary N) is 1. The Balaban J connectivity index is 1.67. The minimum Gasteiger partial charge on any atom is -0.394 e. The van der Waals surface area contributed by atoms with Crippen molar-refractivity contribution in [1.82, 2.24) is 24.4 Å². The maximum Gasteiger partial charge on any atom is 0.167 e. The first-order chi connectivity index (χ1) is 11.7. The van der Waals surface area contributed by atoms with Gasteiger partial charge in [0, 0.05) is 13.1 Å². The zero-order valence-electron chi connectivity index (χ0n) is 13.0. The largest absolute Gasteiger partial charge is 0.394 e. The van der Waals surface area contributed by atoms with Crippen LogP contribution in [0.4, 0.5) is 5.82 Å². The second kappa shape index (κ2) is 6.22. The molecule has 0 amide bonds. The summed E-state index contributed by atoms with van der Waals surface area (Å²) in [5.41, 5.74) is 6.76. The first kappa shape index (κ1) is 15.7. The van der Waals surface area contributed by atoms with E-state index in [4.69, 9.17) is 15.2 Å². The van der Waals surface area contributed by atoms with Gasteiger partial charge in [-0.05, 0) is 0 Å². The van der Waals surface area contributed by atoms with Gasteiger partial charge >= 0.3 is 0 Å². The van der Waals surface area contributed by atoms with Crippen molar-refractivity contribution in [3.05, 3.63) is 12.7 Å². The molecule has 4 atom stereocenters. The molecule has 2 aliphatic rings. The summed E-state index contributed by atoms with van der Waals surface area (Å²) in [7, 11) is 0. The molecule has 2 aliphatic heterocycles. The van der Waals surface area contributed by atoms with Crippen LogP contribution in [-0.2, 0) is 9.47 Å². The summed E-state index contributed by atoms with van der Waals surface area (Å²) >= 11 is 0. The number of imidazole rings is 1. The number of hydrogen-bond acceptors (Lipinski definition) is 9. The molecule has 0 spiro atoms. The zero-order valence-corrected chi connectivity index (χ0v) is 13.0. The Morgan fingerprint density at radius 3 is 2.79 bits per heavy atom. The van der Waals surface area contributed by atoms with Crippen molar-refractivity contribution in [2.45, 2.75) is 24.5 Å². The topological polar surface area (TPSA) is 132 Å². The lowest BCUT2D eigenvalue weighted by Gasteiger charge is -2.35. The average Bonchev–Trinajstić information content (AvgIpc) is 3.17. The van der Waals surface area contributed by atoms with E-state index >= 15 is 0 Å². The fourth-order valence-electron chi connectivity index (χ4n) is 3.49. The van der Waals surface area contributed by atoms with Crippen molar-refractivity contribution < 1.29 is 19.7 Å². The number of aromatic nitrogens is 4.